The van der Waals surface area contributed by atoms with Gasteiger partial charge in [0.25, 0.3) is 11.8 Å². The summed E-state index contributed by atoms with van der Waals surface area (Å²) in [4.78, 5) is 74.7. The van der Waals surface area contributed by atoms with Gasteiger partial charge in [-0.2, -0.15) is 0 Å². The van der Waals surface area contributed by atoms with Crippen molar-refractivity contribution in [1.29, 1.82) is 0 Å². The van der Waals surface area contributed by atoms with E-state index in [0.29, 0.717) is 32.1 Å². The Kier molecular flexibility index (Phi) is 10.3. The Balaban J connectivity index is 1.15. The lowest BCUT2D eigenvalue weighted by atomic mass is 10.0. The van der Waals surface area contributed by atoms with E-state index in [4.69, 9.17) is 4.74 Å². The van der Waals surface area contributed by atoms with Crippen LogP contribution in [-0.2, 0) is 35.8 Å². The minimum absolute atomic E-state index is 0.0180. The SMILES string of the molecule is O=C(N[C@H]1CCCCC/C=C/C2C[C@]2(C(=O)NS(=O)(=O)C2CC2)NC(=O)[C@@H]2CN(C(=O)OCc3cccc4ccccc34)CCN2C1=O)c1ccc[nH]1. The molecule has 0 spiro atoms. The first kappa shape index (κ1) is 36.2. The van der Waals surface area contributed by atoms with E-state index in [-0.39, 0.29) is 38.4 Å². The van der Waals surface area contributed by atoms with Gasteiger partial charge in [0, 0.05) is 25.2 Å². The molecule has 2 aliphatic heterocycles. The van der Waals surface area contributed by atoms with Crippen LogP contribution in [0.15, 0.2) is 72.9 Å². The first-order chi connectivity index (χ1) is 25.6. The number of rotatable bonds is 7. The van der Waals surface area contributed by atoms with Gasteiger partial charge in [-0.15, -0.1) is 0 Å². The quantitative estimate of drug-likeness (QED) is 0.266. The van der Waals surface area contributed by atoms with Crippen LogP contribution in [-0.4, -0.2) is 95.4 Å². The molecule has 0 bridgehead atoms. The molecule has 53 heavy (non-hydrogen) atoms. The summed E-state index contributed by atoms with van der Waals surface area (Å²) in [5, 5.41) is 6.95. The third kappa shape index (κ3) is 7.94. The van der Waals surface area contributed by atoms with E-state index >= 15 is 0 Å². The maximum atomic E-state index is 14.4. The Labute approximate surface area is 307 Å². The van der Waals surface area contributed by atoms with Gasteiger partial charge in [0.05, 0.1) is 11.8 Å². The Bertz CT molecular complexity index is 2020. The van der Waals surface area contributed by atoms with Crippen molar-refractivity contribution in [3.63, 3.8) is 0 Å². The number of benzene rings is 2. The fraction of sp³-hybridized carbons (Fsp3) is 0.447. The average Bonchev–Trinajstić information content (AvgIpc) is 4.07. The van der Waals surface area contributed by atoms with E-state index in [1.165, 1.54) is 9.80 Å². The fourth-order valence-electron chi connectivity index (χ4n) is 7.27. The van der Waals surface area contributed by atoms with Crippen LogP contribution in [0.3, 0.4) is 0 Å². The van der Waals surface area contributed by atoms with Crippen LogP contribution in [0.5, 0.6) is 0 Å². The summed E-state index contributed by atoms with van der Waals surface area (Å²) < 4.78 is 33.6. The second-order valence-corrected chi connectivity index (χ2v) is 16.3. The normalized spacial score (nSPS) is 25.8. The molecule has 280 valence electrons. The molecule has 2 aliphatic carbocycles. The number of hydrogen-bond donors (Lipinski definition) is 4. The summed E-state index contributed by atoms with van der Waals surface area (Å²) in [6, 6.07) is 14.5. The molecule has 14 nitrogen and oxygen atoms in total. The summed E-state index contributed by atoms with van der Waals surface area (Å²) >= 11 is 0. The topological polar surface area (TPSA) is 187 Å². The van der Waals surface area contributed by atoms with Crippen LogP contribution in [0.1, 0.15) is 67.4 Å². The molecule has 2 aromatic carbocycles. The largest absolute Gasteiger partial charge is 0.445 e. The van der Waals surface area contributed by atoms with Crippen LogP contribution < -0.4 is 15.4 Å². The molecule has 7 rings (SSSR count). The number of sulfonamides is 1. The van der Waals surface area contributed by atoms with Crippen LogP contribution >= 0.6 is 0 Å². The van der Waals surface area contributed by atoms with Crippen molar-refractivity contribution in [3.8, 4) is 0 Å². The monoisotopic (exact) mass is 744 g/mol. The van der Waals surface area contributed by atoms with Gasteiger partial charge >= 0.3 is 6.09 Å². The van der Waals surface area contributed by atoms with Gasteiger partial charge in [0.1, 0.15) is 29.9 Å². The standard InChI is InChI=1S/C38H44N6O8S/c45-33(30-16-9-19-39-30)40-31-15-5-3-1-2-4-13-27-22-38(27,36(48)42-53(50,51)28-17-18-28)41-34(46)32-23-43(20-21-44(32)35(31)47)37(49)52-24-26-12-8-11-25-10-6-7-14-29(25)26/h4,6-14,16,19,27-28,31-32,39H,1-3,5,15,17-18,20-24H2,(H,40,45)(H,41,46)(H,42,48)/b13-4+/t27?,31-,32-,38-/m0/s1. The van der Waals surface area contributed by atoms with E-state index in [2.05, 4.69) is 20.3 Å². The number of fused-ring (bicyclic) bond motifs is 3. The van der Waals surface area contributed by atoms with E-state index in [0.717, 1.165) is 29.2 Å². The van der Waals surface area contributed by atoms with Crippen molar-refractivity contribution in [3.05, 3.63) is 84.2 Å². The Morgan fingerprint density at radius 3 is 2.55 bits per heavy atom. The number of allylic oxidation sites excluding steroid dienone is 1. The van der Waals surface area contributed by atoms with Crippen LogP contribution in [0.2, 0.25) is 0 Å². The van der Waals surface area contributed by atoms with Gasteiger partial charge in [-0.05, 0) is 67.0 Å². The van der Waals surface area contributed by atoms with Crippen molar-refractivity contribution in [2.75, 3.05) is 19.6 Å². The van der Waals surface area contributed by atoms with Crippen molar-refractivity contribution in [2.24, 2.45) is 5.92 Å². The number of aromatic nitrogens is 1. The molecule has 15 heteroatoms. The highest BCUT2D eigenvalue weighted by molar-refractivity contribution is 7.91. The summed E-state index contributed by atoms with van der Waals surface area (Å²) in [6.45, 7) is -0.261. The number of aromatic amines is 1. The summed E-state index contributed by atoms with van der Waals surface area (Å²) in [5.41, 5.74) is -0.469. The third-order valence-electron chi connectivity index (χ3n) is 10.6. The molecule has 1 aromatic heterocycles. The zero-order valence-electron chi connectivity index (χ0n) is 29.3. The van der Waals surface area contributed by atoms with E-state index in [9.17, 15) is 32.4 Å². The number of carbonyl (C=O) groups excluding carboxylic acids is 5. The van der Waals surface area contributed by atoms with E-state index in [1.54, 1.807) is 18.3 Å². The van der Waals surface area contributed by atoms with Gasteiger partial charge in [-0.1, -0.05) is 67.5 Å². The molecule has 3 aromatic rings. The molecule has 3 heterocycles. The zero-order chi connectivity index (χ0) is 37.2. The maximum Gasteiger partial charge on any atom is 0.410 e. The fourth-order valence-corrected chi connectivity index (χ4v) is 8.63. The first-order valence-electron chi connectivity index (χ1n) is 18.2. The van der Waals surface area contributed by atoms with Gasteiger partial charge in [0.15, 0.2) is 0 Å². The Hall–Kier alpha value is -5.18. The molecule has 0 radical (unpaired) electrons. The van der Waals surface area contributed by atoms with Crippen molar-refractivity contribution < 1.29 is 37.1 Å². The number of H-pyrrole nitrogens is 1. The molecule has 1 unspecified atom stereocenters. The molecular weight excluding hydrogens is 701 g/mol. The van der Waals surface area contributed by atoms with Crippen molar-refractivity contribution >= 4 is 50.5 Å². The molecule has 4 aliphatic rings. The predicted molar refractivity (Wildman–Crippen MR) is 195 cm³/mol. The minimum Gasteiger partial charge on any atom is -0.445 e. The second kappa shape index (κ2) is 15.0. The van der Waals surface area contributed by atoms with Gasteiger partial charge in [-0.25, -0.2) is 13.2 Å². The molecule has 5 amide bonds. The lowest BCUT2D eigenvalue weighted by Crippen LogP contribution is -2.66. The number of piperazine rings is 1. The number of amides is 5. The van der Waals surface area contributed by atoms with Crippen molar-refractivity contribution in [2.45, 2.75) is 80.8 Å². The highest BCUT2D eigenvalue weighted by Crippen LogP contribution is 2.46. The molecule has 4 atom stereocenters. The second-order valence-electron chi connectivity index (χ2n) is 14.3. The maximum absolute atomic E-state index is 14.4. The van der Waals surface area contributed by atoms with E-state index in [1.807, 2.05) is 54.6 Å². The van der Waals surface area contributed by atoms with Crippen LogP contribution in [0.4, 0.5) is 4.79 Å². The zero-order valence-corrected chi connectivity index (χ0v) is 30.1. The number of nitrogens with zero attached hydrogens (tertiary/aromatic N) is 2. The highest BCUT2D eigenvalue weighted by atomic mass is 32.2. The Morgan fingerprint density at radius 2 is 1.75 bits per heavy atom. The number of carbonyl (C=O) groups is 5. The number of nitrogens with one attached hydrogen (secondary N) is 4. The highest BCUT2D eigenvalue weighted by Gasteiger charge is 2.62. The predicted octanol–water partition coefficient (Wildman–Crippen LogP) is 3.12. The lowest BCUT2D eigenvalue weighted by molar-refractivity contribution is -0.146. The van der Waals surface area contributed by atoms with Crippen LogP contribution in [0, 0.1) is 5.92 Å². The molecule has 2 saturated carbocycles. The van der Waals surface area contributed by atoms with Gasteiger partial charge < -0.3 is 30.2 Å². The smallest absolute Gasteiger partial charge is 0.410 e. The summed E-state index contributed by atoms with van der Waals surface area (Å²) in [5.74, 6) is -2.98. The number of ether oxygens (including phenoxy) is 1. The lowest BCUT2D eigenvalue weighted by Gasteiger charge is -2.41. The third-order valence-corrected chi connectivity index (χ3v) is 12.4. The van der Waals surface area contributed by atoms with Crippen molar-refractivity contribution in [1.82, 2.24) is 30.1 Å². The Morgan fingerprint density at radius 1 is 0.943 bits per heavy atom. The average molecular weight is 745 g/mol. The van der Waals surface area contributed by atoms with Crippen LogP contribution in [0.25, 0.3) is 10.8 Å². The molecule has 1 saturated heterocycles. The summed E-state index contributed by atoms with van der Waals surface area (Å²) in [7, 11) is -3.91. The van der Waals surface area contributed by atoms with E-state index < -0.39 is 68.5 Å². The molecule has 3 fully saturated rings. The minimum atomic E-state index is -3.91. The molecular formula is C38H44N6O8S. The van der Waals surface area contributed by atoms with Gasteiger partial charge in [-0.3, -0.25) is 23.9 Å². The molecule has 4 N–H and O–H groups in total. The number of hydrogen-bond acceptors (Lipinski definition) is 8. The summed E-state index contributed by atoms with van der Waals surface area (Å²) in [6.07, 6.45) is 8.96. The first-order valence-corrected chi connectivity index (χ1v) is 19.8. The van der Waals surface area contributed by atoms with Gasteiger partial charge in [0.2, 0.25) is 21.8 Å².